The summed E-state index contributed by atoms with van der Waals surface area (Å²) in [7, 11) is 1.37. The number of carbonyl (C=O) groups is 1. The summed E-state index contributed by atoms with van der Waals surface area (Å²) in [5.41, 5.74) is 0.391. The number of alkyl halides is 1. The lowest BCUT2D eigenvalue weighted by atomic mass is 10.1. The van der Waals surface area contributed by atoms with E-state index in [4.69, 9.17) is 4.74 Å². The van der Waals surface area contributed by atoms with Gasteiger partial charge in [0, 0.05) is 16.9 Å². The van der Waals surface area contributed by atoms with Crippen LogP contribution in [0.15, 0.2) is 18.2 Å². The molecule has 1 rings (SSSR count). The Bertz CT molecular complexity index is 425. The van der Waals surface area contributed by atoms with Crippen molar-refractivity contribution in [1.82, 2.24) is 5.32 Å². The number of amides is 1. The van der Waals surface area contributed by atoms with E-state index >= 15 is 0 Å². The zero-order valence-corrected chi connectivity index (χ0v) is 12.3. The molecule has 0 saturated heterocycles. The Balaban J connectivity index is 2.78. The molecule has 1 amide bonds. The number of nitrogens with one attached hydrogen (secondary N) is 1. The maximum absolute atomic E-state index is 13.2. The van der Waals surface area contributed by atoms with Crippen LogP contribution in [-0.2, 0) is 0 Å². The van der Waals surface area contributed by atoms with Crippen molar-refractivity contribution in [2.45, 2.75) is 19.9 Å². The molecule has 0 spiro atoms. The summed E-state index contributed by atoms with van der Waals surface area (Å²) in [6, 6.07) is 4.11. The van der Waals surface area contributed by atoms with E-state index in [9.17, 15) is 9.18 Å². The average molecular weight is 318 g/mol. The van der Waals surface area contributed by atoms with Gasteiger partial charge >= 0.3 is 0 Å². The van der Waals surface area contributed by atoms with Gasteiger partial charge in [0.15, 0.2) is 11.6 Å². The molecule has 0 aliphatic carbocycles. The Morgan fingerprint density at radius 3 is 2.72 bits per heavy atom. The summed E-state index contributed by atoms with van der Waals surface area (Å²) < 4.78 is 18.1. The summed E-state index contributed by atoms with van der Waals surface area (Å²) in [5.74, 6) is -0.315. The molecule has 5 heteroatoms. The van der Waals surface area contributed by atoms with Crippen LogP contribution in [0.25, 0.3) is 0 Å². The standard InChI is InChI=1S/C13H17BrFNO2/c1-8(7-14)9(2)16-13(17)10-4-5-11(15)12(6-10)18-3/h4-6,8-9H,7H2,1-3H3,(H,16,17). The SMILES string of the molecule is COc1cc(C(=O)NC(C)C(C)CBr)ccc1F. The molecule has 100 valence electrons. The minimum atomic E-state index is -0.476. The highest BCUT2D eigenvalue weighted by Gasteiger charge is 2.16. The van der Waals surface area contributed by atoms with Crippen LogP contribution in [0, 0.1) is 11.7 Å². The van der Waals surface area contributed by atoms with E-state index in [0.717, 1.165) is 5.33 Å². The van der Waals surface area contributed by atoms with Crippen LogP contribution in [-0.4, -0.2) is 24.4 Å². The first-order valence-corrected chi connectivity index (χ1v) is 6.82. The summed E-state index contributed by atoms with van der Waals surface area (Å²) >= 11 is 3.37. The minimum Gasteiger partial charge on any atom is -0.494 e. The first-order chi connectivity index (χ1) is 8.49. The van der Waals surface area contributed by atoms with E-state index in [1.165, 1.54) is 25.3 Å². The Morgan fingerprint density at radius 2 is 2.17 bits per heavy atom. The molecule has 0 saturated carbocycles. The van der Waals surface area contributed by atoms with Crippen molar-refractivity contribution < 1.29 is 13.9 Å². The monoisotopic (exact) mass is 317 g/mol. The first kappa shape index (κ1) is 15.0. The molecule has 0 heterocycles. The fourth-order valence-electron chi connectivity index (χ4n) is 1.37. The fourth-order valence-corrected chi connectivity index (χ4v) is 1.93. The van der Waals surface area contributed by atoms with Crippen LogP contribution in [0.4, 0.5) is 4.39 Å². The molecular formula is C13H17BrFNO2. The molecule has 2 unspecified atom stereocenters. The molecule has 0 aliphatic heterocycles. The maximum Gasteiger partial charge on any atom is 0.251 e. The van der Waals surface area contributed by atoms with Crippen LogP contribution in [0.2, 0.25) is 0 Å². The number of hydrogen-bond donors (Lipinski definition) is 1. The quantitative estimate of drug-likeness (QED) is 0.848. The molecule has 0 radical (unpaired) electrons. The smallest absolute Gasteiger partial charge is 0.251 e. The van der Waals surface area contributed by atoms with Gasteiger partial charge in [0.25, 0.3) is 5.91 Å². The van der Waals surface area contributed by atoms with Gasteiger partial charge in [-0.05, 0) is 31.0 Å². The van der Waals surface area contributed by atoms with Crippen LogP contribution < -0.4 is 10.1 Å². The minimum absolute atomic E-state index is 0.0351. The molecule has 0 bridgehead atoms. The van der Waals surface area contributed by atoms with Crippen molar-refractivity contribution in [3.05, 3.63) is 29.6 Å². The number of benzene rings is 1. The summed E-state index contributed by atoms with van der Waals surface area (Å²) in [5, 5.41) is 3.68. The van der Waals surface area contributed by atoms with Crippen molar-refractivity contribution in [2.75, 3.05) is 12.4 Å². The Hall–Kier alpha value is -1.10. The Morgan fingerprint density at radius 1 is 1.50 bits per heavy atom. The second-order valence-corrected chi connectivity index (χ2v) is 4.89. The second-order valence-electron chi connectivity index (χ2n) is 4.24. The molecular weight excluding hydrogens is 301 g/mol. The third kappa shape index (κ3) is 3.70. The predicted molar refractivity (Wildman–Crippen MR) is 72.8 cm³/mol. The second kappa shape index (κ2) is 6.73. The molecule has 2 atom stereocenters. The molecule has 1 aromatic carbocycles. The Labute approximate surface area is 115 Å². The van der Waals surface area contributed by atoms with Gasteiger partial charge in [-0.2, -0.15) is 0 Å². The molecule has 0 fully saturated rings. The number of hydrogen-bond acceptors (Lipinski definition) is 2. The van der Waals surface area contributed by atoms with E-state index in [1.54, 1.807) is 0 Å². The van der Waals surface area contributed by atoms with Gasteiger partial charge in [-0.25, -0.2) is 4.39 Å². The highest BCUT2D eigenvalue weighted by atomic mass is 79.9. The van der Waals surface area contributed by atoms with E-state index in [2.05, 4.69) is 21.2 Å². The first-order valence-electron chi connectivity index (χ1n) is 5.70. The highest BCUT2D eigenvalue weighted by molar-refractivity contribution is 9.09. The van der Waals surface area contributed by atoms with Crippen molar-refractivity contribution in [2.24, 2.45) is 5.92 Å². The van der Waals surface area contributed by atoms with Crippen molar-refractivity contribution in [1.29, 1.82) is 0 Å². The fraction of sp³-hybridized carbons (Fsp3) is 0.462. The third-order valence-electron chi connectivity index (χ3n) is 2.87. The Kier molecular flexibility index (Phi) is 5.59. The van der Waals surface area contributed by atoms with E-state index in [0.29, 0.717) is 11.5 Å². The molecule has 0 aromatic heterocycles. The number of halogens is 2. The van der Waals surface area contributed by atoms with Gasteiger partial charge in [0.1, 0.15) is 0 Å². The van der Waals surface area contributed by atoms with Crippen molar-refractivity contribution >= 4 is 21.8 Å². The van der Waals surface area contributed by atoms with E-state index in [-0.39, 0.29) is 17.7 Å². The van der Waals surface area contributed by atoms with Crippen molar-refractivity contribution in [3.63, 3.8) is 0 Å². The lowest BCUT2D eigenvalue weighted by Crippen LogP contribution is -2.37. The largest absolute Gasteiger partial charge is 0.494 e. The van der Waals surface area contributed by atoms with Crippen LogP contribution in [0.5, 0.6) is 5.75 Å². The van der Waals surface area contributed by atoms with Gasteiger partial charge in [-0.3, -0.25) is 4.79 Å². The van der Waals surface area contributed by atoms with E-state index < -0.39 is 5.82 Å². The van der Waals surface area contributed by atoms with E-state index in [1.807, 2.05) is 13.8 Å². The molecule has 1 aromatic rings. The predicted octanol–water partition coefficient (Wildman–Crippen LogP) is 2.98. The highest BCUT2D eigenvalue weighted by Crippen LogP contribution is 2.18. The van der Waals surface area contributed by atoms with Crippen LogP contribution >= 0.6 is 15.9 Å². The van der Waals surface area contributed by atoms with Crippen molar-refractivity contribution in [3.8, 4) is 5.75 Å². The lowest BCUT2D eigenvalue weighted by molar-refractivity contribution is 0.0930. The summed E-state index contributed by atoms with van der Waals surface area (Å²) in [6.07, 6.45) is 0. The molecule has 0 aliphatic rings. The van der Waals surface area contributed by atoms with Gasteiger partial charge in [0.05, 0.1) is 7.11 Å². The number of rotatable bonds is 5. The van der Waals surface area contributed by atoms with Gasteiger partial charge < -0.3 is 10.1 Å². The van der Waals surface area contributed by atoms with Crippen LogP contribution in [0.1, 0.15) is 24.2 Å². The zero-order chi connectivity index (χ0) is 13.7. The number of ether oxygens (including phenoxy) is 1. The normalized spacial score (nSPS) is 13.8. The topological polar surface area (TPSA) is 38.3 Å². The number of carbonyl (C=O) groups excluding carboxylic acids is 1. The van der Waals surface area contributed by atoms with Crippen LogP contribution in [0.3, 0.4) is 0 Å². The van der Waals surface area contributed by atoms with Gasteiger partial charge in [0.2, 0.25) is 0 Å². The van der Waals surface area contributed by atoms with Gasteiger partial charge in [-0.15, -0.1) is 0 Å². The summed E-state index contributed by atoms with van der Waals surface area (Å²) in [4.78, 5) is 12.0. The average Bonchev–Trinajstić information content (AvgIpc) is 2.37. The lowest BCUT2D eigenvalue weighted by Gasteiger charge is -2.19. The molecule has 3 nitrogen and oxygen atoms in total. The summed E-state index contributed by atoms with van der Waals surface area (Å²) in [6.45, 7) is 3.97. The number of methoxy groups -OCH3 is 1. The van der Waals surface area contributed by atoms with Gasteiger partial charge in [-0.1, -0.05) is 22.9 Å². The third-order valence-corrected chi connectivity index (χ3v) is 3.89. The maximum atomic E-state index is 13.2. The molecule has 18 heavy (non-hydrogen) atoms. The zero-order valence-electron chi connectivity index (χ0n) is 10.7. The molecule has 1 N–H and O–H groups in total.